The lowest BCUT2D eigenvalue weighted by Gasteiger charge is -2.08. The summed E-state index contributed by atoms with van der Waals surface area (Å²) in [5.41, 5.74) is 0.0829. The molecule has 0 aliphatic carbocycles. The number of aromatic nitrogens is 2. The van der Waals surface area contributed by atoms with Gasteiger partial charge in [0.1, 0.15) is 0 Å². The summed E-state index contributed by atoms with van der Waals surface area (Å²) < 4.78 is 4.98. The van der Waals surface area contributed by atoms with E-state index in [2.05, 4.69) is 9.97 Å². The molecule has 0 atom stereocenters. The Bertz CT molecular complexity index is 1080. The molecule has 0 spiro atoms. The van der Waals surface area contributed by atoms with Gasteiger partial charge in [-0.05, 0) is 13.0 Å². The van der Waals surface area contributed by atoms with E-state index in [1.165, 1.54) is 36.4 Å². The molecule has 0 saturated heterocycles. The summed E-state index contributed by atoms with van der Waals surface area (Å²) in [6, 6.07) is 9.47. The van der Waals surface area contributed by atoms with Crippen molar-refractivity contribution in [3.63, 3.8) is 0 Å². The molecular weight excluding hydrogens is 356 g/mol. The van der Waals surface area contributed by atoms with Crippen LogP contribution in [0.4, 0.5) is 11.4 Å². The quantitative estimate of drug-likeness (QED) is 0.380. The van der Waals surface area contributed by atoms with E-state index >= 15 is 0 Å². The summed E-state index contributed by atoms with van der Waals surface area (Å²) >= 11 is 0. The van der Waals surface area contributed by atoms with Crippen LogP contribution in [0.5, 0.6) is 0 Å². The van der Waals surface area contributed by atoms with Gasteiger partial charge in [-0.2, -0.15) is 0 Å². The standard InChI is InChI=1S/C17H12N4O6/c1-2-27-17(22)15-13-9-12(21(25)26)6-7-14(13)18-16(19-15)10-4-3-5-11(8-10)20(23)24/h3-9H,2H2,1H3. The van der Waals surface area contributed by atoms with Gasteiger partial charge in [0.25, 0.3) is 11.4 Å². The number of hydrogen-bond donors (Lipinski definition) is 0. The molecule has 0 saturated carbocycles. The topological polar surface area (TPSA) is 138 Å². The number of ether oxygens (including phenoxy) is 1. The molecule has 0 N–H and O–H groups in total. The van der Waals surface area contributed by atoms with Crippen LogP contribution < -0.4 is 0 Å². The van der Waals surface area contributed by atoms with E-state index in [0.29, 0.717) is 5.56 Å². The third-order valence-electron chi connectivity index (χ3n) is 3.67. The SMILES string of the molecule is CCOC(=O)c1nc(-c2cccc([N+](=O)[O-])c2)nc2ccc([N+](=O)[O-])cc12. The Morgan fingerprint density at radius 2 is 1.74 bits per heavy atom. The fourth-order valence-electron chi connectivity index (χ4n) is 2.47. The Labute approximate surface area is 151 Å². The number of carbonyl (C=O) groups is 1. The average molecular weight is 368 g/mol. The smallest absolute Gasteiger partial charge is 0.357 e. The zero-order valence-corrected chi connectivity index (χ0v) is 14.0. The number of hydrogen-bond acceptors (Lipinski definition) is 8. The molecule has 1 heterocycles. The summed E-state index contributed by atoms with van der Waals surface area (Å²) in [4.78, 5) is 41.6. The van der Waals surface area contributed by atoms with Crippen molar-refractivity contribution in [2.24, 2.45) is 0 Å². The third-order valence-corrected chi connectivity index (χ3v) is 3.67. The van der Waals surface area contributed by atoms with E-state index in [1.54, 1.807) is 13.0 Å². The van der Waals surface area contributed by atoms with Gasteiger partial charge in [0.15, 0.2) is 11.5 Å². The van der Waals surface area contributed by atoms with Crippen LogP contribution in [0.15, 0.2) is 42.5 Å². The van der Waals surface area contributed by atoms with E-state index in [1.807, 2.05) is 0 Å². The molecule has 10 heteroatoms. The summed E-state index contributed by atoms with van der Waals surface area (Å²) in [6.45, 7) is 1.70. The second-order valence-electron chi connectivity index (χ2n) is 5.38. The normalized spacial score (nSPS) is 10.6. The highest BCUT2D eigenvalue weighted by Crippen LogP contribution is 2.27. The van der Waals surface area contributed by atoms with Crippen LogP contribution in [0.2, 0.25) is 0 Å². The van der Waals surface area contributed by atoms with Crippen molar-refractivity contribution < 1.29 is 19.4 Å². The third kappa shape index (κ3) is 3.54. The minimum atomic E-state index is -0.767. The Morgan fingerprint density at radius 3 is 2.41 bits per heavy atom. The number of nitro benzene ring substituents is 2. The number of esters is 1. The number of nitrogens with zero attached hydrogens (tertiary/aromatic N) is 4. The largest absolute Gasteiger partial charge is 0.461 e. The molecule has 3 aromatic rings. The first-order chi connectivity index (χ1) is 12.9. The zero-order chi connectivity index (χ0) is 19.6. The van der Waals surface area contributed by atoms with Gasteiger partial charge in [0, 0.05) is 35.2 Å². The van der Waals surface area contributed by atoms with Gasteiger partial charge >= 0.3 is 5.97 Å². The summed E-state index contributed by atoms with van der Waals surface area (Å²) in [5.74, 6) is -0.694. The molecule has 0 bridgehead atoms. The molecule has 0 amide bonds. The van der Waals surface area contributed by atoms with Crippen LogP contribution in [0.25, 0.3) is 22.3 Å². The lowest BCUT2D eigenvalue weighted by Crippen LogP contribution is -2.10. The molecule has 1 aromatic heterocycles. The number of benzene rings is 2. The molecule has 3 rings (SSSR count). The van der Waals surface area contributed by atoms with Gasteiger partial charge in [-0.3, -0.25) is 20.2 Å². The van der Waals surface area contributed by atoms with Crippen molar-refractivity contribution in [1.82, 2.24) is 9.97 Å². The van der Waals surface area contributed by atoms with Gasteiger partial charge in [-0.15, -0.1) is 0 Å². The van der Waals surface area contributed by atoms with Crippen LogP contribution in [-0.4, -0.2) is 32.4 Å². The van der Waals surface area contributed by atoms with Crippen molar-refractivity contribution in [2.45, 2.75) is 6.92 Å². The fourth-order valence-corrected chi connectivity index (χ4v) is 2.47. The van der Waals surface area contributed by atoms with Crippen molar-refractivity contribution in [3.05, 3.63) is 68.4 Å². The van der Waals surface area contributed by atoms with Gasteiger partial charge in [0.05, 0.1) is 22.0 Å². The maximum atomic E-state index is 12.3. The van der Waals surface area contributed by atoms with E-state index in [-0.39, 0.29) is 40.4 Å². The van der Waals surface area contributed by atoms with E-state index in [9.17, 15) is 25.0 Å². The molecule has 27 heavy (non-hydrogen) atoms. The molecular formula is C17H12N4O6. The molecule has 0 aliphatic heterocycles. The minimum Gasteiger partial charge on any atom is -0.461 e. The van der Waals surface area contributed by atoms with E-state index < -0.39 is 15.8 Å². The van der Waals surface area contributed by atoms with Crippen LogP contribution in [0.1, 0.15) is 17.4 Å². The van der Waals surface area contributed by atoms with E-state index in [0.717, 1.165) is 0 Å². The predicted molar refractivity (Wildman–Crippen MR) is 94.2 cm³/mol. The van der Waals surface area contributed by atoms with Gasteiger partial charge in [0.2, 0.25) is 0 Å². The number of fused-ring (bicyclic) bond motifs is 1. The van der Waals surface area contributed by atoms with Crippen LogP contribution in [-0.2, 0) is 4.74 Å². The highest BCUT2D eigenvalue weighted by Gasteiger charge is 2.20. The number of nitro groups is 2. The first-order valence-electron chi connectivity index (χ1n) is 7.79. The minimum absolute atomic E-state index is 0.0723. The first-order valence-corrected chi connectivity index (χ1v) is 7.79. The number of rotatable bonds is 5. The van der Waals surface area contributed by atoms with Gasteiger partial charge in [-0.1, -0.05) is 12.1 Å². The van der Waals surface area contributed by atoms with Crippen LogP contribution in [0, 0.1) is 20.2 Å². The number of carbonyl (C=O) groups excluding carboxylic acids is 1. The lowest BCUT2D eigenvalue weighted by atomic mass is 10.1. The molecule has 0 fully saturated rings. The Hall–Kier alpha value is -3.95. The van der Waals surface area contributed by atoms with Gasteiger partial charge < -0.3 is 4.74 Å². The summed E-state index contributed by atoms with van der Waals surface area (Å²) in [7, 11) is 0. The maximum absolute atomic E-state index is 12.3. The van der Waals surface area contributed by atoms with Crippen molar-refractivity contribution >= 4 is 28.2 Å². The number of non-ortho nitro benzene ring substituents is 2. The zero-order valence-electron chi connectivity index (χ0n) is 14.0. The van der Waals surface area contributed by atoms with Crippen molar-refractivity contribution in [3.8, 4) is 11.4 Å². The highest BCUT2D eigenvalue weighted by molar-refractivity contribution is 6.02. The molecule has 2 aromatic carbocycles. The van der Waals surface area contributed by atoms with Crippen molar-refractivity contribution in [1.29, 1.82) is 0 Å². The monoisotopic (exact) mass is 368 g/mol. The molecule has 0 aliphatic rings. The predicted octanol–water partition coefficient (Wildman–Crippen LogP) is 3.29. The Morgan fingerprint density at radius 1 is 1.04 bits per heavy atom. The average Bonchev–Trinajstić information content (AvgIpc) is 2.66. The second-order valence-corrected chi connectivity index (χ2v) is 5.38. The van der Waals surface area contributed by atoms with Crippen LogP contribution >= 0.6 is 0 Å². The van der Waals surface area contributed by atoms with E-state index in [4.69, 9.17) is 4.74 Å². The Kier molecular flexibility index (Phi) is 4.71. The van der Waals surface area contributed by atoms with Crippen LogP contribution in [0.3, 0.4) is 0 Å². The maximum Gasteiger partial charge on any atom is 0.357 e. The summed E-state index contributed by atoms with van der Waals surface area (Å²) in [6.07, 6.45) is 0. The second kappa shape index (κ2) is 7.12. The van der Waals surface area contributed by atoms with Gasteiger partial charge in [-0.25, -0.2) is 14.8 Å². The lowest BCUT2D eigenvalue weighted by molar-refractivity contribution is -0.384. The summed E-state index contributed by atoms with van der Waals surface area (Å²) in [5, 5.41) is 22.2. The fraction of sp³-hybridized carbons (Fsp3) is 0.118. The highest BCUT2D eigenvalue weighted by atomic mass is 16.6. The van der Waals surface area contributed by atoms with Crippen molar-refractivity contribution in [2.75, 3.05) is 6.61 Å². The molecule has 0 radical (unpaired) electrons. The molecule has 10 nitrogen and oxygen atoms in total. The molecule has 136 valence electrons. The molecule has 0 unspecified atom stereocenters. The first kappa shape index (κ1) is 17.9. The Balaban J connectivity index is 2.25.